The third-order valence-electron chi connectivity index (χ3n) is 3.16. The summed E-state index contributed by atoms with van der Waals surface area (Å²) in [5, 5.41) is 5.35. The van der Waals surface area contributed by atoms with Crippen molar-refractivity contribution < 1.29 is 14.0 Å². The van der Waals surface area contributed by atoms with Crippen molar-refractivity contribution in [2.45, 2.75) is 20.8 Å². The first-order valence-corrected chi connectivity index (χ1v) is 7.57. The van der Waals surface area contributed by atoms with Gasteiger partial charge in [0, 0.05) is 10.2 Å². The molecule has 0 unspecified atom stereocenters. The molecule has 0 aliphatic rings. The fraction of sp³-hybridized carbons (Fsp3) is 0.250. The monoisotopic (exact) mass is 364 g/mol. The number of carbonyl (C=O) groups is 2. The molecule has 0 radical (unpaired) electrons. The van der Waals surface area contributed by atoms with E-state index in [0.29, 0.717) is 17.1 Å². The van der Waals surface area contributed by atoms with E-state index >= 15 is 0 Å². The van der Waals surface area contributed by atoms with E-state index in [0.717, 1.165) is 15.7 Å². The molecule has 0 bridgehead atoms. The summed E-state index contributed by atoms with van der Waals surface area (Å²) < 4.78 is 6.25. The standard InChI is InChI=1S/C16H17BrN2O3/c1-9-6-12(17)4-5-14(9)19-15(20)8-18-16(21)13-7-10(2)22-11(13)3/h4-7H,8H2,1-3H3,(H,18,21)(H,19,20). The van der Waals surface area contributed by atoms with E-state index in [-0.39, 0.29) is 18.4 Å². The van der Waals surface area contributed by atoms with Gasteiger partial charge in [-0.15, -0.1) is 0 Å². The molecule has 0 saturated carbocycles. The van der Waals surface area contributed by atoms with Crippen LogP contribution in [0.15, 0.2) is 33.2 Å². The molecule has 0 fully saturated rings. The SMILES string of the molecule is Cc1cc(C(=O)NCC(=O)Nc2ccc(Br)cc2C)c(C)o1. The second kappa shape index (κ2) is 6.79. The summed E-state index contributed by atoms with van der Waals surface area (Å²) in [6.07, 6.45) is 0. The lowest BCUT2D eigenvalue weighted by molar-refractivity contribution is -0.115. The van der Waals surface area contributed by atoms with E-state index in [1.165, 1.54) is 0 Å². The Kier molecular flexibility index (Phi) is 5.03. The van der Waals surface area contributed by atoms with E-state index in [4.69, 9.17) is 4.42 Å². The zero-order chi connectivity index (χ0) is 16.3. The van der Waals surface area contributed by atoms with Crippen molar-refractivity contribution in [3.05, 3.63) is 51.4 Å². The quantitative estimate of drug-likeness (QED) is 0.873. The summed E-state index contributed by atoms with van der Waals surface area (Å²) in [5.74, 6) is 0.602. The molecule has 1 aromatic carbocycles. The van der Waals surface area contributed by atoms with Gasteiger partial charge in [0.25, 0.3) is 5.91 Å². The molecule has 1 heterocycles. The molecule has 0 aliphatic heterocycles. The van der Waals surface area contributed by atoms with Gasteiger partial charge in [0.15, 0.2) is 0 Å². The first-order valence-electron chi connectivity index (χ1n) is 6.78. The summed E-state index contributed by atoms with van der Waals surface area (Å²) in [5.41, 5.74) is 2.11. The number of amides is 2. The Bertz CT molecular complexity index is 722. The summed E-state index contributed by atoms with van der Waals surface area (Å²) in [4.78, 5) is 23.9. The van der Waals surface area contributed by atoms with Crippen molar-refractivity contribution in [1.82, 2.24) is 5.32 Å². The van der Waals surface area contributed by atoms with Gasteiger partial charge in [0.1, 0.15) is 11.5 Å². The third kappa shape index (κ3) is 3.98. The minimum Gasteiger partial charge on any atom is -0.466 e. The first kappa shape index (κ1) is 16.3. The molecule has 0 aliphatic carbocycles. The second-order valence-electron chi connectivity index (χ2n) is 5.02. The minimum absolute atomic E-state index is 0.0992. The number of benzene rings is 1. The highest BCUT2D eigenvalue weighted by atomic mass is 79.9. The molecule has 2 N–H and O–H groups in total. The number of rotatable bonds is 4. The molecule has 0 spiro atoms. The van der Waals surface area contributed by atoms with Gasteiger partial charge in [-0.1, -0.05) is 15.9 Å². The number of halogens is 1. The lowest BCUT2D eigenvalue weighted by Crippen LogP contribution is -2.33. The van der Waals surface area contributed by atoms with Crippen LogP contribution in [-0.4, -0.2) is 18.4 Å². The smallest absolute Gasteiger partial charge is 0.255 e. The molecule has 116 valence electrons. The van der Waals surface area contributed by atoms with Crippen LogP contribution >= 0.6 is 15.9 Å². The zero-order valence-corrected chi connectivity index (χ0v) is 14.2. The van der Waals surface area contributed by atoms with Crippen molar-refractivity contribution >= 4 is 33.4 Å². The van der Waals surface area contributed by atoms with E-state index in [2.05, 4.69) is 26.6 Å². The Balaban J connectivity index is 1.92. The van der Waals surface area contributed by atoms with Crippen molar-refractivity contribution in [3.63, 3.8) is 0 Å². The molecule has 6 heteroatoms. The maximum absolute atomic E-state index is 12.0. The Morgan fingerprint density at radius 1 is 1.18 bits per heavy atom. The Morgan fingerprint density at radius 3 is 2.50 bits per heavy atom. The zero-order valence-electron chi connectivity index (χ0n) is 12.6. The Hall–Kier alpha value is -2.08. The number of nitrogens with one attached hydrogen (secondary N) is 2. The van der Waals surface area contributed by atoms with Gasteiger partial charge < -0.3 is 15.1 Å². The molecule has 2 rings (SSSR count). The van der Waals surface area contributed by atoms with Gasteiger partial charge in [0.2, 0.25) is 5.91 Å². The highest BCUT2D eigenvalue weighted by Crippen LogP contribution is 2.19. The van der Waals surface area contributed by atoms with Gasteiger partial charge in [0.05, 0.1) is 12.1 Å². The van der Waals surface area contributed by atoms with Crippen LogP contribution < -0.4 is 10.6 Å². The molecular formula is C16H17BrN2O3. The Morgan fingerprint density at radius 2 is 1.91 bits per heavy atom. The van der Waals surface area contributed by atoms with Crippen molar-refractivity contribution in [2.75, 3.05) is 11.9 Å². The maximum Gasteiger partial charge on any atom is 0.255 e. The molecular weight excluding hydrogens is 348 g/mol. The highest BCUT2D eigenvalue weighted by molar-refractivity contribution is 9.10. The topological polar surface area (TPSA) is 71.3 Å². The normalized spacial score (nSPS) is 10.4. The largest absolute Gasteiger partial charge is 0.466 e. The van der Waals surface area contributed by atoms with Crippen LogP contribution in [0.1, 0.15) is 27.4 Å². The molecule has 1 aromatic heterocycles. The van der Waals surface area contributed by atoms with Crippen LogP contribution in [0.4, 0.5) is 5.69 Å². The highest BCUT2D eigenvalue weighted by Gasteiger charge is 2.14. The number of hydrogen-bond acceptors (Lipinski definition) is 3. The van der Waals surface area contributed by atoms with Gasteiger partial charge in [-0.2, -0.15) is 0 Å². The van der Waals surface area contributed by atoms with Crippen LogP contribution in [0.2, 0.25) is 0 Å². The number of furan rings is 1. The third-order valence-corrected chi connectivity index (χ3v) is 3.65. The van der Waals surface area contributed by atoms with Crippen LogP contribution in [-0.2, 0) is 4.79 Å². The lowest BCUT2D eigenvalue weighted by Gasteiger charge is -2.09. The van der Waals surface area contributed by atoms with Gasteiger partial charge in [-0.3, -0.25) is 9.59 Å². The number of hydrogen-bond donors (Lipinski definition) is 2. The second-order valence-corrected chi connectivity index (χ2v) is 5.93. The maximum atomic E-state index is 12.0. The molecule has 2 aromatic rings. The van der Waals surface area contributed by atoms with E-state index in [9.17, 15) is 9.59 Å². The van der Waals surface area contributed by atoms with Gasteiger partial charge in [-0.05, 0) is 50.6 Å². The molecule has 2 amide bonds. The predicted molar refractivity (Wildman–Crippen MR) is 88.0 cm³/mol. The number of aryl methyl sites for hydroxylation is 3. The summed E-state index contributed by atoms with van der Waals surface area (Å²) in [6.45, 7) is 5.29. The van der Waals surface area contributed by atoms with Gasteiger partial charge >= 0.3 is 0 Å². The number of anilines is 1. The van der Waals surface area contributed by atoms with E-state index in [1.807, 2.05) is 25.1 Å². The van der Waals surface area contributed by atoms with Crippen LogP contribution in [0.3, 0.4) is 0 Å². The molecule has 22 heavy (non-hydrogen) atoms. The van der Waals surface area contributed by atoms with Crippen molar-refractivity contribution in [1.29, 1.82) is 0 Å². The Labute approximate surface area is 137 Å². The fourth-order valence-electron chi connectivity index (χ4n) is 2.07. The minimum atomic E-state index is -0.322. The number of carbonyl (C=O) groups excluding carboxylic acids is 2. The summed E-state index contributed by atoms with van der Waals surface area (Å²) >= 11 is 3.37. The lowest BCUT2D eigenvalue weighted by atomic mass is 10.2. The average molecular weight is 365 g/mol. The van der Waals surface area contributed by atoms with Crippen molar-refractivity contribution in [2.24, 2.45) is 0 Å². The summed E-state index contributed by atoms with van der Waals surface area (Å²) in [7, 11) is 0. The summed E-state index contributed by atoms with van der Waals surface area (Å²) in [6, 6.07) is 7.22. The van der Waals surface area contributed by atoms with Crippen molar-refractivity contribution in [3.8, 4) is 0 Å². The van der Waals surface area contributed by atoms with Crippen LogP contribution in [0, 0.1) is 20.8 Å². The van der Waals surface area contributed by atoms with E-state index < -0.39 is 0 Å². The molecule has 0 atom stereocenters. The van der Waals surface area contributed by atoms with Gasteiger partial charge in [-0.25, -0.2) is 0 Å². The van der Waals surface area contributed by atoms with Crippen LogP contribution in [0.25, 0.3) is 0 Å². The molecule has 0 saturated heterocycles. The van der Waals surface area contributed by atoms with E-state index in [1.54, 1.807) is 19.9 Å². The predicted octanol–water partition coefficient (Wildman–Crippen LogP) is 3.34. The van der Waals surface area contributed by atoms with Crippen LogP contribution in [0.5, 0.6) is 0 Å². The fourth-order valence-corrected chi connectivity index (χ4v) is 2.55. The molecule has 5 nitrogen and oxygen atoms in total. The average Bonchev–Trinajstić information content (AvgIpc) is 2.78. The first-order chi connectivity index (χ1) is 10.4.